The fourth-order valence-electron chi connectivity index (χ4n) is 3.96. The summed E-state index contributed by atoms with van der Waals surface area (Å²) in [6.07, 6.45) is 3.68. The molecule has 1 aromatic carbocycles. The van der Waals surface area contributed by atoms with Gasteiger partial charge >= 0.3 is 0 Å². The van der Waals surface area contributed by atoms with Crippen LogP contribution < -0.4 is 0 Å². The Hall–Kier alpha value is -1.48. The van der Waals surface area contributed by atoms with E-state index in [1.54, 1.807) is 13.2 Å². The van der Waals surface area contributed by atoms with Gasteiger partial charge in [-0.1, -0.05) is 6.42 Å². The van der Waals surface area contributed by atoms with Gasteiger partial charge < -0.3 is 9.47 Å². The van der Waals surface area contributed by atoms with Crippen molar-refractivity contribution >= 4 is 0 Å². The van der Waals surface area contributed by atoms with Crippen LogP contribution >= 0.6 is 0 Å². The molecule has 0 spiro atoms. The second kappa shape index (κ2) is 7.39. The number of morpholine rings is 1. The predicted octanol–water partition coefficient (Wildman–Crippen LogP) is 2.71. The van der Waals surface area contributed by atoms with Crippen LogP contribution in [0.3, 0.4) is 0 Å². The first-order valence-electron chi connectivity index (χ1n) is 8.26. The molecule has 3 rings (SSSR count). The number of benzene rings is 1. The Kier molecular flexibility index (Phi) is 5.27. The fraction of sp³-hybridized carbons (Fsp3) is 0.611. The van der Waals surface area contributed by atoms with Crippen molar-refractivity contribution in [1.29, 1.82) is 5.26 Å². The van der Waals surface area contributed by atoms with Gasteiger partial charge in [-0.2, -0.15) is 5.26 Å². The average molecular weight is 318 g/mol. The van der Waals surface area contributed by atoms with Gasteiger partial charge in [-0.05, 0) is 36.6 Å². The Labute approximate surface area is 136 Å². The topological polar surface area (TPSA) is 45.5 Å². The van der Waals surface area contributed by atoms with Gasteiger partial charge in [0, 0.05) is 32.2 Å². The average Bonchev–Trinajstić information content (AvgIpc) is 3.04. The van der Waals surface area contributed by atoms with E-state index in [1.807, 2.05) is 0 Å². The van der Waals surface area contributed by atoms with Gasteiger partial charge in [-0.15, -0.1) is 0 Å². The minimum absolute atomic E-state index is 0.269. The molecule has 124 valence electrons. The van der Waals surface area contributed by atoms with Crippen molar-refractivity contribution in [3.63, 3.8) is 0 Å². The SMILES string of the molecule is CO[C@@H]1CCC[C@@H]1[C@H]1COCCN1Cc1cc(F)ccc1C#N. The van der Waals surface area contributed by atoms with E-state index in [1.165, 1.54) is 18.6 Å². The van der Waals surface area contributed by atoms with E-state index in [-0.39, 0.29) is 18.0 Å². The highest BCUT2D eigenvalue weighted by Crippen LogP contribution is 2.34. The van der Waals surface area contributed by atoms with Crippen LogP contribution in [0.1, 0.15) is 30.4 Å². The van der Waals surface area contributed by atoms with Crippen molar-refractivity contribution in [3.05, 3.63) is 35.1 Å². The monoisotopic (exact) mass is 318 g/mol. The second-order valence-corrected chi connectivity index (χ2v) is 6.39. The molecular weight excluding hydrogens is 295 g/mol. The molecule has 1 aliphatic heterocycles. The highest BCUT2D eigenvalue weighted by Gasteiger charge is 2.38. The zero-order valence-electron chi connectivity index (χ0n) is 13.5. The molecular formula is C18H23FN2O2. The highest BCUT2D eigenvalue weighted by molar-refractivity contribution is 5.37. The first-order chi connectivity index (χ1) is 11.2. The number of methoxy groups -OCH3 is 1. The maximum absolute atomic E-state index is 13.6. The summed E-state index contributed by atoms with van der Waals surface area (Å²) in [5, 5.41) is 9.26. The number of hydrogen-bond acceptors (Lipinski definition) is 4. The fourth-order valence-corrected chi connectivity index (χ4v) is 3.96. The third kappa shape index (κ3) is 3.55. The van der Waals surface area contributed by atoms with E-state index in [9.17, 15) is 9.65 Å². The molecule has 1 saturated carbocycles. The maximum atomic E-state index is 13.6. The Morgan fingerprint density at radius 2 is 2.30 bits per heavy atom. The summed E-state index contributed by atoms with van der Waals surface area (Å²) in [5.41, 5.74) is 1.30. The van der Waals surface area contributed by atoms with Crippen molar-refractivity contribution in [2.24, 2.45) is 5.92 Å². The molecule has 1 aromatic rings. The summed E-state index contributed by atoms with van der Waals surface area (Å²) in [6.45, 7) is 2.75. The number of nitrogens with zero attached hydrogens (tertiary/aromatic N) is 2. The quantitative estimate of drug-likeness (QED) is 0.856. The second-order valence-electron chi connectivity index (χ2n) is 6.39. The third-order valence-electron chi connectivity index (χ3n) is 5.14. The minimum atomic E-state index is -0.292. The summed E-state index contributed by atoms with van der Waals surface area (Å²) in [7, 11) is 1.78. The lowest BCUT2D eigenvalue weighted by Gasteiger charge is -2.40. The van der Waals surface area contributed by atoms with Crippen LogP contribution in [0, 0.1) is 23.1 Å². The lowest BCUT2D eigenvalue weighted by molar-refractivity contribution is -0.0608. The first-order valence-corrected chi connectivity index (χ1v) is 8.26. The zero-order valence-corrected chi connectivity index (χ0v) is 13.5. The molecule has 2 aliphatic rings. The number of nitriles is 1. The van der Waals surface area contributed by atoms with E-state index in [2.05, 4.69) is 11.0 Å². The molecule has 4 nitrogen and oxygen atoms in total. The van der Waals surface area contributed by atoms with Crippen LogP contribution in [-0.2, 0) is 16.0 Å². The zero-order chi connectivity index (χ0) is 16.2. The minimum Gasteiger partial charge on any atom is -0.381 e. The largest absolute Gasteiger partial charge is 0.381 e. The lowest BCUT2D eigenvalue weighted by Crippen LogP contribution is -2.51. The summed E-state index contributed by atoms with van der Waals surface area (Å²) in [4.78, 5) is 2.33. The van der Waals surface area contributed by atoms with Crippen molar-refractivity contribution in [2.45, 2.75) is 38.0 Å². The van der Waals surface area contributed by atoms with Crippen molar-refractivity contribution in [1.82, 2.24) is 4.90 Å². The van der Waals surface area contributed by atoms with Crippen LogP contribution in [-0.4, -0.2) is 43.9 Å². The Bertz CT molecular complexity index is 587. The van der Waals surface area contributed by atoms with E-state index < -0.39 is 0 Å². The molecule has 1 saturated heterocycles. The smallest absolute Gasteiger partial charge is 0.123 e. The lowest BCUT2D eigenvalue weighted by atomic mass is 9.93. The molecule has 0 aromatic heterocycles. The third-order valence-corrected chi connectivity index (χ3v) is 5.14. The predicted molar refractivity (Wildman–Crippen MR) is 84.3 cm³/mol. The molecule has 0 bridgehead atoms. The van der Waals surface area contributed by atoms with Crippen LogP contribution in [0.25, 0.3) is 0 Å². The molecule has 0 radical (unpaired) electrons. The molecule has 0 amide bonds. The molecule has 1 heterocycles. The first kappa shape index (κ1) is 16.4. The highest BCUT2D eigenvalue weighted by atomic mass is 19.1. The molecule has 23 heavy (non-hydrogen) atoms. The molecule has 5 heteroatoms. The standard InChI is InChI=1S/C18H23FN2O2/c1-22-18-4-2-3-16(18)17-12-23-8-7-21(17)11-14-9-15(19)6-5-13(14)10-20/h5-6,9,16-18H,2-4,7-8,11-12H2,1H3/t16-,17-,18-/m1/s1. The molecule has 1 aliphatic carbocycles. The molecule has 0 N–H and O–H groups in total. The van der Waals surface area contributed by atoms with Crippen molar-refractivity contribution in [2.75, 3.05) is 26.9 Å². The van der Waals surface area contributed by atoms with Crippen molar-refractivity contribution < 1.29 is 13.9 Å². The Morgan fingerprint density at radius 1 is 1.43 bits per heavy atom. The molecule has 3 atom stereocenters. The molecule has 0 unspecified atom stereocenters. The van der Waals surface area contributed by atoms with Gasteiger partial charge in [-0.25, -0.2) is 4.39 Å². The van der Waals surface area contributed by atoms with Crippen molar-refractivity contribution in [3.8, 4) is 6.07 Å². The van der Waals surface area contributed by atoms with Crippen LogP contribution in [0.4, 0.5) is 4.39 Å². The normalized spacial score (nSPS) is 28.7. The number of hydrogen-bond donors (Lipinski definition) is 0. The summed E-state index contributed by atoms with van der Waals surface area (Å²) < 4.78 is 24.9. The number of ether oxygens (including phenoxy) is 2. The van der Waals surface area contributed by atoms with Crippen LogP contribution in [0.15, 0.2) is 18.2 Å². The Morgan fingerprint density at radius 3 is 3.09 bits per heavy atom. The molecule has 2 fully saturated rings. The number of halogens is 1. The van der Waals surface area contributed by atoms with Gasteiger partial charge in [-0.3, -0.25) is 4.90 Å². The van der Waals surface area contributed by atoms with Gasteiger partial charge in [0.1, 0.15) is 5.82 Å². The van der Waals surface area contributed by atoms with E-state index in [0.29, 0.717) is 31.2 Å². The van der Waals surface area contributed by atoms with E-state index in [4.69, 9.17) is 9.47 Å². The van der Waals surface area contributed by atoms with Gasteiger partial charge in [0.15, 0.2) is 0 Å². The van der Waals surface area contributed by atoms with E-state index in [0.717, 1.165) is 24.9 Å². The summed E-state index contributed by atoms with van der Waals surface area (Å²) >= 11 is 0. The summed E-state index contributed by atoms with van der Waals surface area (Å²) in [6, 6.07) is 6.82. The van der Waals surface area contributed by atoms with Crippen LogP contribution in [0.2, 0.25) is 0 Å². The Balaban J connectivity index is 1.80. The van der Waals surface area contributed by atoms with Gasteiger partial charge in [0.05, 0.1) is 31.0 Å². The number of rotatable bonds is 4. The maximum Gasteiger partial charge on any atom is 0.123 e. The van der Waals surface area contributed by atoms with E-state index >= 15 is 0 Å². The van der Waals surface area contributed by atoms with Gasteiger partial charge in [0.2, 0.25) is 0 Å². The van der Waals surface area contributed by atoms with Gasteiger partial charge in [0.25, 0.3) is 0 Å². The summed E-state index contributed by atoms with van der Waals surface area (Å²) in [5.74, 6) is 0.152. The van der Waals surface area contributed by atoms with Crippen LogP contribution in [0.5, 0.6) is 0 Å².